The average Bonchev–Trinajstić information content (AvgIpc) is 2.87. The van der Waals surface area contributed by atoms with E-state index in [1.807, 2.05) is 26.2 Å². The van der Waals surface area contributed by atoms with E-state index < -0.39 is 6.04 Å². The third-order valence-electron chi connectivity index (χ3n) is 3.03. The summed E-state index contributed by atoms with van der Waals surface area (Å²) in [5.74, 6) is 0.116. The van der Waals surface area contributed by atoms with Gasteiger partial charge in [0.05, 0.1) is 12.1 Å². The van der Waals surface area contributed by atoms with E-state index in [0.717, 1.165) is 17.8 Å². The topological polar surface area (TPSA) is 68.0 Å². The molecule has 2 unspecified atom stereocenters. The molecule has 1 aromatic rings. The summed E-state index contributed by atoms with van der Waals surface area (Å²) in [4.78, 5) is 16.2. The van der Waals surface area contributed by atoms with Crippen molar-refractivity contribution in [1.29, 1.82) is 0 Å². The highest BCUT2D eigenvalue weighted by atomic mass is 32.1. The first kappa shape index (κ1) is 14.1. The second-order valence-corrected chi connectivity index (χ2v) is 5.18. The highest BCUT2D eigenvalue weighted by Gasteiger charge is 2.23. The SMILES string of the molecule is CCC(NC(=O)[C@@H](N)C(C)CC)c1nccs1. The number of hydrogen-bond donors (Lipinski definition) is 2. The second kappa shape index (κ2) is 6.71. The van der Waals surface area contributed by atoms with Gasteiger partial charge >= 0.3 is 0 Å². The average molecular weight is 255 g/mol. The van der Waals surface area contributed by atoms with Gasteiger partial charge in [0.15, 0.2) is 0 Å². The van der Waals surface area contributed by atoms with Crippen molar-refractivity contribution in [2.75, 3.05) is 0 Å². The molecule has 96 valence electrons. The molecule has 0 saturated heterocycles. The quantitative estimate of drug-likeness (QED) is 0.818. The number of nitrogens with one attached hydrogen (secondary N) is 1. The standard InChI is InChI=1S/C12H21N3OS/c1-4-8(3)10(13)11(16)15-9(5-2)12-14-6-7-17-12/h6-10H,4-5,13H2,1-3H3,(H,15,16)/t8?,9?,10-/m0/s1. The summed E-state index contributed by atoms with van der Waals surface area (Å²) in [5, 5.41) is 5.83. The van der Waals surface area contributed by atoms with Crippen LogP contribution in [0.3, 0.4) is 0 Å². The van der Waals surface area contributed by atoms with E-state index >= 15 is 0 Å². The van der Waals surface area contributed by atoms with E-state index in [9.17, 15) is 4.79 Å². The Bertz CT molecular complexity index is 340. The molecular formula is C12H21N3OS. The predicted octanol–water partition coefficient (Wildman–Crippen LogP) is 2.08. The van der Waals surface area contributed by atoms with Gasteiger partial charge in [0.25, 0.3) is 0 Å². The largest absolute Gasteiger partial charge is 0.346 e. The zero-order chi connectivity index (χ0) is 12.8. The number of nitrogens with zero attached hydrogens (tertiary/aromatic N) is 1. The van der Waals surface area contributed by atoms with E-state index in [-0.39, 0.29) is 17.9 Å². The van der Waals surface area contributed by atoms with Crippen LogP contribution in [0.1, 0.15) is 44.7 Å². The van der Waals surface area contributed by atoms with Crippen LogP contribution in [0.5, 0.6) is 0 Å². The lowest BCUT2D eigenvalue weighted by Gasteiger charge is -2.21. The fourth-order valence-electron chi connectivity index (χ4n) is 1.53. The number of nitrogens with two attached hydrogens (primary N) is 1. The fraction of sp³-hybridized carbons (Fsp3) is 0.667. The minimum Gasteiger partial charge on any atom is -0.346 e. The minimum absolute atomic E-state index is 0.0161. The molecule has 1 heterocycles. The van der Waals surface area contributed by atoms with Crippen LogP contribution in [0.4, 0.5) is 0 Å². The smallest absolute Gasteiger partial charge is 0.237 e. The van der Waals surface area contributed by atoms with Gasteiger partial charge in [0, 0.05) is 11.6 Å². The van der Waals surface area contributed by atoms with Crippen molar-refractivity contribution in [2.24, 2.45) is 11.7 Å². The van der Waals surface area contributed by atoms with Crippen molar-refractivity contribution in [2.45, 2.75) is 45.7 Å². The first-order valence-corrected chi connectivity index (χ1v) is 6.93. The number of rotatable bonds is 6. The van der Waals surface area contributed by atoms with E-state index in [0.29, 0.717) is 0 Å². The van der Waals surface area contributed by atoms with Crippen LogP contribution < -0.4 is 11.1 Å². The van der Waals surface area contributed by atoms with Crippen molar-refractivity contribution < 1.29 is 4.79 Å². The molecule has 1 rings (SSSR count). The first-order valence-electron chi connectivity index (χ1n) is 6.05. The van der Waals surface area contributed by atoms with Gasteiger partial charge in [-0.1, -0.05) is 27.2 Å². The van der Waals surface area contributed by atoms with Gasteiger partial charge in [-0.05, 0) is 12.3 Å². The van der Waals surface area contributed by atoms with E-state index in [4.69, 9.17) is 5.73 Å². The first-order chi connectivity index (χ1) is 8.10. The van der Waals surface area contributed by atoms with Crippen LogP contribution in [0.2, 0.25) is 0 Å². The van der Waals surface area contributed by atoms with Gasteiger partial charge in [-0.2, -0.15) is 0 Å². The van der Waals surface area contributed by atoms with Gasteiger partial charge in [-0.25, -0.2) is 4.98 Å². The summed E-state index contributed by atoms with van der Waals surface area (Å²) < 4.78 is 0. The molecule has 1 aromatic heterocycles. The Morgan fingerprint density at radius 2 is 2.24 bits per heavy atom. The second-order valence-electron chi connectivity index (χ2n) is 4.25. The normalized spacial score (nSPS) is 16.2. The molecule has 5 heteroatoms. The molecule has 1 amide bonds. The molecule has 0 aliphatic carbocycles. The molecule has 0 fully saturated rings. The lowest BCUT2D eigenvalue weighted by atomic mass is 9.99. The minimum atomic E-state index is -0.436. The molecule has 0 saturated carbocycles. The summed E-state index contributed by atoms with van der Waals surface area (Å²) in [7, 11) is 0. The van der Waals surface area contributed by atoms with Gasteiger partial charge < -0.3 is 11.1 Å². The molecule has 17 heavy (non-hydrogen) atoms. The Morgan fingerprint density at radius 3 is 2.71 bits per heavy atom. The highest BCUT2D eigenvalue weighted by molar-refractivity contribution is 7.09. The molecule has 3 N–H and O–H groups in total. The number of hydrogen-bond acceptors (Lipinski definition) is 4. The lowest BCUT2D eigenvalue weighted by Crippen LogP contribution is -2.45. The number of carbonyl (C=O) groups excluding carboxylic acids is 1. The number of aromatic nitrogens is 1. The Labute approximate surface area is 107 Å². The van der Waals surface area contributed by atoms with Crippen LogP contribution >= 0.6 is 11.3 Å². The van der Waals surface area contributed by atoms with Gasteiger partial charge in [0.2, 0.25) is 5.91 Å². The summed E-state index contributed by atoms with van der Waals surface area (Å²) >= 11 is 1.56. The van der Waals surface area contributed by atoms with E-state index in [1.54, 1.807) is 17.5 Å². The van der Waals surface area contributed by atoms with Crippen molar-refractivity contribution in [3.63, 3.8) is 0 Å². The number of thiazole rings is 1. The number of amides is 1. The Balaban J connectivity index is 2.60. The maximum Gasteiger partial charge on any atom is 0.237 e. The molecule has 0 radical (unpaired) electrons. The predicted molar refractivity (Wildman–Crippen MR) is 70.7 cm³/mol. The van der Waals surface area contributed by atoms with E-state index in [2.05, 4.69) is 10.3 Å². The summed E-state index contributed by atoms with van der Waals surface area (Å²) in [5.41, 5.74) is 5.90. The Kier molecular flexibility index (Phi) is 5.58. The molecule has 3 atom stereocenters. The van der Waals surface area contributed by atoms with Crippen molar-refractivity contribution in [1.82, 2.24) is 10.3 Å². The third-order valence-corrected chi connectivity index (χ3v) is 3.92. The molecular weight excluding hydrogens is 234 g/mol. The van der Waals surface area contributed by atoms with Gasteiger partial charge in [-0.15, -0.1) is 11.3 Å². The monoisotopic (exact) mass is 255 g/mol. The Morgan fingerprint density at radius 1 is 1.53 bits per heavy atom. The summed E-state index contributed by atoms with van der Waals surface area (Å²) in [6.45, 7) is 6.06. The van der Waals surface area contributed by atoms with Crippen molar-refractivity contribution >= 4 is 17.2 Å². The maximum atomic E-state index is 11.9. The molecule has 0 aliphatic heterocycles. The van der Waals surface area contributed by atoms with Gasteiger partial charge in [-0.3, -0.25) is 4.79 Å². The third kappa shape index (κ3) is 3.78. The molecule has 0 spiro atoms. The molecule has 0 aliphatic rings. The summed E-state index contributed by atoms with van der Waals surface area (Å²) in [6.07, 6.45) is 3.48. The maximum absolute atomic E-state index is 11.9. The molecule has 0 aromatic carbocycles. The fourth-order valence-corrected chi connectivity index (χ4v) is 2.30. The van der Waals surface area contributed by atoms with Crippen LogP contribution in [0.25, 0.3) is 0 Å². The van der Waals surface area contributed by atoms with Crippen LogP contribution in [0.15, 0.2) is 11.6 Å². The van der Waals surface area contributed by atoms with Crippen LogP contribution in [-0.2, 0) is 4.79 Å². The van der Waals surface area contributed by atoms with Crippen LogP contribution in [-0.4, -0.2) is 16.9 Å². The lowest BCUT2D eigenvalue weighted by molar-refractivity contribution is -0.124. The molecule has 4 nitrogen and oxygen atoms in total. The number of carbonyl (C=O) groups is 1. The highest BCUT2D eigenvalue weighted by Crippen LogP contribution is 2.19. The Hall–Kier alpha value is -0.940. The zero-order valence-electron chi connectivity index (χ0n) is 10.6. The van der Waals surface area contributed by atoms with Gasteiger partial charge in [0.1, 0.15) is 5.01 Å². The van der Waals surface area contributed by atoms with E-state index in [1.165, 1.54) is 0 Å². The summed E-state index contributed by atoms with van der Waals surface area (Å²) in [6, 6.07) is -0.452. The van der Waals surface area contributed by atoms with Crippen LogP contribution in [0, 0.1) is 5.92 Å². The van der Waals surface area contributed by atoms with Crippen molar-refractivity contribution in [3.8, 4) is 0 Å². The van der Waals surface area contributed by atoms with Crippen molar-refractivity contribution in [3.05, 3.63) is 16.6 Å². The molecule has 0 bridgehead atoms. The zero-order valence-corrected chi connectivity index (χ0v) is 11.5.